The van der Waals surface area contributed by atoms with E-state index in [4.69, 9.17) is 5.26 Å². The molecule has 0 fully saturated rings. The van der Waals surface area contributed by atoms with E-state index in [1.807, 2.05) is 53.2 Å². The normalized spacial score (nSPS) is 11.8. The van der Waals surface area contributed by atoms with Crippen LogP contribution in [-0.4, -0.2) is 15.5 Å². The lowest BCUT2D eigenvalue weighted by Gasteiger charge is -2.09. The Hall–Kier alpha value is -3.13. The summed E-state index contributed by atoms with van der Waals surface area (Å²) >= 11 is 0. The molecule has 0 saturated carbocycles. The molecular weight excluding hydrogens is 276 g/mol. The summed E-state index contributed by atoms with van der Waals surface area (Å²) in [5.41, 5.74) is 2.69. The number of carbonyl (C=O) groups excluding carboxylic acids is 1. The van der Waals surface area contributed by atoms with Crippen molar-refractivity contribution in [1.82, 2.24) is 9.55 Å². The first-order valence-electron chi connectivity index (χ1n) is 6.91. The zero-order valence-electron chi connectivity index (χ0n) is 12.0. The predicted molar refractivity (Wildman–Crippen MR) is 84.5 cm³/mol. The second-order valence-corrected chi connectivity index (χ2v) is 4.97. The molecule has 0 spiro atoms. The van der Waals surface area contributed by atoms with E-state index in [0.717, 1.165) is 16.6 Å². The molecule has 1 amide bonds. The molecular formula is C17H14N4O. The highest BCUT2D eigenvalue weighted by Gasteiger charge is 2.14. The molecule has 22 heavy (non-hydrogen) atoms. The van der Waals surface area contributed by atoms with Gasteiger partial charge in [-0.25, -0.2) is 0 Å². The van der Waals surface area contributed by atoms with Gasteiger partial charge in [-0.15, -0.1) is 0 Å². The minimum Gasteiger partial charge on any atom is -0.324 e. The number of nitrogens with one attached hydrogen (secondary N) is 1. The van der Waals surface area contributed by atoms with Crippen molar-refractivity contribution in [1.29, 1.82) is 5.26 Å². The Morgan fingerprint density at radius 2 is 2.05 bits per heavy atom. The molecule has 3 aromatic rings. The van der Waals surface area contributed by atoms with Crippen LogP contribution < -0.4 is 5.32 Å². The van der Waals surface area contributed by atoms with Crippen LogP contribution in [0.3, 0.4) is 0 Å². The number of nitrogens with zero attached hydrogens (tertiary/aromatic N) is 3. The van der Waals surface area contributed by atoms with Gasteiger partial charge in [0, 0.05) is 29.7 Å². The van der Waals surface area contributed by atoms with Gasteiger partial charge >= 0.3 is 0 Å². The molecule has 3 rings (SSSR count). The smallest absolute Gasteiger partial charge is 0.241 e. The Balaban J connectivity index is 2.03. The van der Waals surface area contributed by atoms with Gasteiger partial charge in [-0.05, 0) is 37.3 Å². The zero-order chi connectivity index (χ0) is 15.5. The number of rotatable bonds is 3. The van der Waals surface area contributed by atoms with Gasteiger partial charge in [-0.1, -0.05) is 6.07 Å². The lowest BCUT2D eigenvalue weighted by molar-refractivity contribution is -0.117. The summed E-state index contributed by atoms with van der Waals surface area (Å²) in [4.78, 5) is 15.9. The Bertz CT molecular complexity index is 861. The second-order valence-electron chi connectivity index (χ2n) is 4.97. The van der Waals surface area contributed by atoms with Crippen LogP contribution in [0.25, 0.3) is 16.6 Å². The average Bonchev–Trinajstić information content (AvgIpc) is 3.00. The van der Waals surface area contributed by atoms with E-state index in [0.29, 0.717) is 5.69 Å². The lowest BCUT2D eigenvalue weighted by Crippen LogP contribution is -2.18. The van der Waals surface area contributed by atoms with Crippen LogP contribution in [0.4, 0.5) is 5.69 Å². The summed E-state index contributed by atoms with van der Waals surface area (Å²) < 4.78 is 2.03. The highest BCUT2D eigenvalue weighted by molar-refractivity contribution is 6.03. The summed E-state index contributed by atoms with van der Waals surface area (Å²) in [5.74, 6) is -0.982. The van der Waals surface area contributed by atoms with Crippen LogP contribution in [0, 0.1) is 17.2 Å². The van der Waals surface area contributed by atoms with Gasteiger partial charge in [0.15, 0.2) is 0 Å². The molecule has 0 radical (unpaired) electrons. The summed E-state index contributed by atoms with van der Waals surface area (Å²) in [7, 11) is 0. The third-order valence-corrected chi connectivity index (χ3v) is 3.52. The maximum Gasteiger partial charge on any atom is 0.241 e. The molecule has 1 N–H and O–H groups in total. The fourth-order valence-electron chi connectivity index (χ4n) is 2.31. The molecule has 0 aliphatic heterocycles. The number of hydrogen-bond acceptors (Lipinski definition) is 3. The molecule has 1 unspecified atom stereocenters. The number of carbonyl (C=O) groups is 1. The zero-order valence-corrected chi connectivity index (χ0v) is 12.0. The van der Waals surface area contributed by atoms with Crippen LogP contribution in [0.5, 0.6) is 0 Å². The lowest BCUT2D eigenvalue weighted by atomic mass is 10.1. The van der Waals surface area contributed by atoms with E-state index >= 15 is 0 Å². The van der Waals surface area contributed by atoms with Crippen LogP contribution >= 0.6 is 0 Å². The quantitative estimate of drug-likeness (QED) is 0.805. The summed E-state index contributed by atoms with van der Waals surface area (Å²) in [6.45, 7) is 1.58. The first-order valence-corrected chi connectivity index (χ1v) is 6.91. The van der Waals surface area contributed by atoms with Crippen molar-refractivity contribution in [3.63, 3.8) is 0 Å². The number of amides is 1. The molecule has 2 heterocycles. The van der Waals surface area contributed by atoms with Gasteiger partial charge in [0.2, 0.25) is 5.91 Å². The monoisotopic (exact) mass is 290 g/mol. The molecule has 0 aliphatic rings. The van der Waals surface area contributed by atoms with Gasteiger partial charge in [0.1, 0.15) is 5.92 Å². The van der Waals surface area contributed by atoms with E-state index in [1.54, 1.807) is 19.3 Å². The van der Waals surface area contributed by atoms with Gasteiger partial charge in [0.05, 0.1) is 17.3 Å². The van der Waals surface area contributed by atoms with Crippen LogP contribution in [0.15, 0.2) is 55.0 Å². The number of anilines is 1. The fraction of sp³-hybridized carbons (Fsp3) is 0.118. The Kier molecular flexibility index (Phi) is 3.58. The number of aromatic nitrogens is 2. The van der Waals surface area contributed by atoms with Gasteiger partial charge in [0.25, 0.3) is 0 Å². The number of nitriles is 1. The molecule has 0 aliphatic carbocycles. The molecule has 1 aromatic carbocycles. The minimum absolute atomic E-state index is 0.299. The second kappa shape index (κ2) is 5.70. The molecule has 5 nitrogen and oxygen atoms in total. The highest BCUT2D eigenvalue weighted by Crippen LogP contribution is 2.27. The summed E-state index contributed by atoms with van der Waals surface area (Å²) in [6, 6.07) is 13.4. The molecule has 108 valence electrons. The number of fused-ring (bicyclic) bond motifs is 1. The number of hydrogen-bond donors (Lipinski definition) is 1. The van der Waals surface area contributed by atoms with Crippen molar-refractivity contribution in [2.45, 2.75) is 6.92 Å². The first kappa shape index (κ1) is 13.8. The topological polar surface area (TPSA) is 70.7 Å². The van der Waals surface area contributed by atoms with Crippen molar-refractivity contribution in [2.75, 3.05) is 5.32 Å². The van der Waals surface area contributed by atoms with Gasteiger partial charge in [-0.2, -0.15) is 5.26 Å². The SMILES string of the molecule is CC(C#N)C(=O)Nc1cccc2c1ccn2-c1ccncc1. The molecule has 2 aromatic heterocycles. The van der Waals surface area contributed by atoms with Crippen molar-refractivity contribution in [3.8, 4) is 11.8 Å². The number of benzene rings is 1. The molecule has 1 atom stereocenters. The van der Waals surface area contributed by atoms with E-state index in [-0.39, 0.29) is 5.91 Å². The van der Waals surface area contributed by atoms with Crippen molar-refractivity contribution in [2.24, 2.45) is 5.92 Å². The third kappa shape index (κ3) is 2.42. The Labute approximate surface area is 127 Å². The Morgan fingerprint density at radius 1 is 1.27 bits per heavy atom. The maximum absolute atomic E-state index is 11.9. The summed E-state index contributed by atoms with van der Waals surface area (Å²) in [5, 5.41) is 12.6. The Morgan fingerprint density at radius 3 is 2.77 bits per heavy atom. The average molecular weight is 290 g/mol. The van der Waals surface area contributed by atoms with Crippen molar-refractivity contribution >= 4 is 22.5 Å². The number of pyridine rings is 1. The van der Waals surface area contributed by atoms with Gasteiger partial charge in [-0.3, -0.25) is 9.78 Å². The third-order valence-electron chi connectivity index (χ3n) is 3.52. The van der Waals surface area contributed by atoms with E-state index < -0.39 is 5.92 Å². The summed E-state index contributed by atoms with van der Waals surface area (Å²) in [6.07, 6.45) is 5.42. The fourth-order valence-corrected chi connectivity index (χ4v) is 2.31. The van der Waals surface area contributed by atoms with E-state index in [9.17, 15) is 4.79 Å². The van der Waals surface area contributed by atoms with E-state index in [2.05, 4.69) is 10.3 Å². The minimum atomic E-state index is -0.683. The predicted octanol–water partition coefficient (Wildman–Crippen LogP) is 3.12. The maximum atomic E-state index is 11.9. The van der Waals surface area contributed by atoms with Crippen molar-refractivity contribution < 1.29 is 4.79 Å². The van der Waals surface area contributed by atoms with E-state index in [1.165, 1.54) is 0 Å². The first-order chi connectivity index (χ1) is 10.7. The largest absolute Gasteiger partial charge is 0.324 e. The standard InChI is InChI=1S/C17H14N4O/c1-12(11-18)17(22)20-15-3-2-4-16-14(15)7-10-21(16)13-5-8-19-9-6-13/h2-10,12H,1H3,(H,20,22). The van der Waals surface area contributed by atoms with Gasteiger partial charge < -0.3 is 9.88 Å². The highest BCUT2D eigenvalue weighted by atomic mass is 16.1. The van der Waals surface area contributed by atoms with Crippen molar-refractivity contribution in [3.05, 3.63) is 55.0 Å². The van der Waals surface area contributed by atoms with Crippen LogP contribution in [0.2, 0.25) is 0 Å². The molecule has 0 bridgehead atoms. The molecule has 0 saturated heterocycles. The van der Waals surface area contributed by atoms with Crippen LogP contribution in [-0.2, 0) is 4.79 Å². The van der Waals surface area contributed by atoms with Crippen LogP contribution in [0.1, 0.15) is 6.92 Å². The molecule has 5 heteroatoms.